The lowest BCUT2D eigenvalue weighted by molar-refractivity contribution is -0.0422. The number of methoxy groups -OCH3 is 1. The van der Waals surface area contributed by atoms with Gasteiger partial charge in [0.25, 0.3) is 0 Å². The smallest absolute Gasteiger partial charge is 0.410 e. The topological polar surface area (TPSA) is 105 Å². The SMILES string of the molecule is CCOC(C)COCc1ccc([C@H]2[C@H](CN)CN(C(=O)OCc3ccccc3)C[C@@H]2OCc2ccc3c(c2)N(CCCOC)CCO3)cc1. The third-order valence-corrected chi connectivity index (χ3v) is 9.19. The first-order valence-corrected chi connectivity index (χ1v) is 17.5. The second-order valence-electron chi connectivity index (χ2n) is 12.8. The summed E-state index contributed by atoms with van der Waals surface area (Å²) in [4.78, 5) is 17.5. The number of hydrogen-bond acceptors (Lipinski definition) is 9. The molecule has 5 rings (SSSR count). The molecule has 3 aromatic carbocycles. The number of rotatable bonds is 17. The Morgan fingerprint density at radius 2 is 1.76 bits per heavy atom. The van der Waals surface area contributed by atoms with Gasteiger partial charge in [0.2, 0.25) is 0 Å². The molecule has 1 unspecified atom stereocenters. The summed E-state index contributed by atoms with van der Waals surface area (Å²) >= 11 is 0. The van der Waals surface area contributed by atoms with E-state index >= 15 is 0 Å². The van der Waals surface area contributed by atoms with Crippen LogP contribution in [-0.2, 0) is 43.5 Å². The molecule has 1 fully saturated rings. The van der Waals surface area contributed by atoms with Gasteiger partial charge < -0.3 is 44.0 Å². The summed E-state index contributed by atoms with van der Waals surface area (Å²) in [5.74, 6) is 0.850. The minimum Gasteiger partial charge on any atom is -0.490 e. The summed E-state index contributed by atoms with van der Waals surface area (Å²) in [6.07, 6.45) is 0.332. The Kier molecular flexibility index (Phi) is 14.1. The minimum absolute atomic E-state index is 0.0115. The molecule has 2 aliphatic rings. The van der Waals surface area contributed by atoms with E-state index in [1.807, 2.05) is 50.2 Å². The van der Waals surface area contributed by atoms with Gasteiger partial charge in [0, 0.05) is 39.3 Å². The van der Waals surface area contributed by atoms with E-state index in [1.165, 1.54) is 0 Å². The number of fused-ring (bicyclic) bond motifs is 1. The second-order valence-corrected chi connectivity index (χ2v) is 12.8. The van der Waals surface area contributed by atoms with Crippen molar-refractivity contribution < 1.29 is 33.2 Å². The van der Waals surface area contributed by atoms with Crippen molar-refractivity contribution in [3.63, 3.8) is 0 Å². The molecule has 49 heavy (non-hydrogen) atoms. The number of nitrogens with two attached hydrogens (primary N) is 1. The van der Waals surface area contributed by atoms with Crippen molar-refractivity contribution in [3.8, 4) is 5.75 Å². The molecule has 3 aromatic rings. The van der Waals surface area contributed by atoms with E-state index in [0.717, 1.165) is 53.2 Å². The maximum absolute atomic E-state index is 13.4. The van der Waals surface area contributed by atoms with Crippen LogP contribution in [0.15, 0.2) is 72.8 Å². The van der Waals surface area contributed by atoms with Crippen molar-refractivity contribution in [1.29, 1.82) is 0 Å². The molecule has 0 saturated carbocycles. The molecular formula is C39H53N3O7. The number of piperidine rings is 1. The van der Waals surface area contributed by atoms with E-state index in [-0.39, 0.29) is 36.7 Å². The maximum atomic E-state index is 13.4. The van der Waals surface area contributed by atoms with Crippen LogP contribution in [0.4, 0.5) is 10.5 Å². The van der Waals surface area contributed by atoms with Gasteiger partial charge in [0.15, 0.2) is 0 Å². The van der Waals surface area contributed by atoms with Gasteiger partial charge in [-0.2, -0.15) is 0 Å². The predicted molar refractivity (Wildman–Crippen MR) is 190 cm³/mol. The molecule has 2 N–H and O–H groups in total. The quantitative estimate of drug-likeness (QED) is 0.179. The number of hydrogen-bond donors (Lipinski definition) is 1. The average molecular weight is 676 g/mol. The lowest BCUT2D eigenvalue weighted by Crippen LogP contribution is -2.53. The van der Waals surface area contributed by atoms with Crippen LogP contribution < -0.4 is 15.4 Å². The summed E-state index contributed by atoms with van der Waals surface area (Å²) in [6.45, 7) is 10.7. The first kappa shape index (κ1) is 36.6. The van der Waals surface area contributed by atoms with Gasteiger partial charge in [-0.15, -0.1) is 0 Å². The summed E-state index contributed by atoms with van der Waals surface area (Å²) in [6, 6.07) is 24.5. The third kappa shape index (κ3) is 10.4. The molecule has 10 heteroatoms. The van der Waals surface area contributed by atoms with Crippen LogP contribution in [-0.4, -0.2) is 89.5 Å². The first-order valence-electron chi connectivity index (χ1n) is 17.5. The zero-order chi connectivity index (χ0) is 34.4. The van der Waals surface area contributed by atoms with E-state index in [9.17, 15) is 4.79 Å². The molecule has 2 aliphatic heterocycles. The second kappa shape index (κ2) is 18.9. The number of nitrogens with zero attached hydrogens (tertiary/aromatic N) is 2. The van der Waals surface area contributed by atoms with Crippen molar-refractivity contribution in [3.05, 3.63) is 95.1 Å². The van der Waals surface area contributed by atoms with E-state index in [4.69, 9.17) is 34.2 Å². The van der Waals surface area contributed by atoms with E-state index in [2.05, 4.69) is 41.3 Å². The fourth-order valence-corrected chi connectivity index (χ4v) is 6.68. The largest absolute Gasteiger partial charge is 0.490 e. The van der Waals surface area contributed by atoms with Crippen LogP contribution >= 0.6 is 0 Å². The van der Waals surface area contributed by atoms with E-state index in [0.29, 0.717) is 59.3 Å². The predicted octanol–water partition coefficient (Wildman–Crippen LogP) is 5.76. The van der Waals surface area contributed by atoms with Gasteiger partial charge in [-0.1, -0.05) is 60.7 Å². The van der Waals surface area contributed by atoms with E-state index < -0.39 is 0 Å². The molecule has 0 aliphatic carbocycles. The van der Waals surface area contributed by atoms with Gasteiger partial charge in [-0.05, 0) is 67.1 Å². The molecule has 0 spiro atoms. The summed E-state index contributed by atoms with van der Waals surface area (Å²) in [5.41, 5.74) is 11.7. The molecule has 10 nitrogen and oxygen atoms in total. The summed E-state index contributed by atoms with van der Waals surface area (Å²) < 4.78 is 35.2. The molecule has 1 saturated heterocycles. The van der Waals surface area contributed by atoms with Crippen molar-refractivity contribution in [2.24, 2.45) is 11.7 Å². The fraction of sp³-hybridized carbons (Fsp3) is 0.513. The minimum atomic E-state index is -0.360. The summed E-state index contributed by atoms with van der Waals surface area (Å²) in [5, 5.41) is 0. The van der Waals surface area contributed by atoms with Crippen molar-refractivity contribution in [2.75, 3.05) is 71.2 Å². The van der Waals surface area contributed by atoms with Gasteiger partial charge >= 0.3 is 6.09 Å². The Morgan fingerprint density at radius 3 is 2.51 bits per heavy atom. The number of anilines is 1. The lowest BCUT2D eigenvalue weighted by atomic mass is 9.78. The van der Waals surface area contributed by atoms with Crippen LogP contribution in [0.1, 0.15) is 48.4 Å². The van der Waals surface area contributed by atoms with Crippen LogP contribution in [0.25, 0.3) is 0 Å². The van der Waals surface area contributed by atoms with Gasteiger partial charge in [0.05, 0.1) is 50.8 Å². The van der Waals surface area contributed by atoms with Crippen molar-refractivity contribution >= 4 is 11.8 Å². The summed E-state index contributed by atoms with van der Waals surface area (Å²) in [7, 11) is 1.73. The molecule has 266 valence electrons. The Balaban J connectivity index is 1.31. The van der Waals surface area contributed by atoms with Gasteiger partial charge in [-0.3, -0.25) is 0 Å². The fourth-order valence-electron chi connectivity index (χ4n) is 6.68. The maximum Gasteiger partial charge on any atom is 0.410 e. The average Bonchev–Trinajstić information content (AvgIpc) is 3.13. The van der Waals surface area contributed by atoms with Crippen LogP contribution in [0, 0.1) is 5.92 Å². The number of ether oxygens (including phenoxy) is 6. The standard InChI is InChI=1S/C39H53N3O7/c1-4-46-29(2)25-45-26-31-11-14-33(15-12-31)38-34(22-40)23-42(39(43)49-27-30-9-6-5-7-10-30)24-37(38)48-28-32-13-16-36-35(21-32)41(18-20-47-36)17-8-19-44-3/h5-7,9-16,21,29,34,37-38H,4,8,17-20,22-28,40H2,1-3H3/t29?,34-,37+,38+/m1/s1. The molecule has 0 aromatic heterocycles. The Labute approximate surface area is 291 Å². The highest BCUT2D eigenvalue weighted by molar-refractivity contribution is 5.68. The van der Waals surface area contributed by atoms with Crippen molar-refractivity contribution in [1.82, 2.24) is 4.90 Å². The monoisotopic (exact) mass is 675 g/mol. The Bertz CT molecular complexity index is 1420. The van der Waals surface area contributed by atoms with Crippen LogP contribution in [0.3, 0.4) is 0 Å². The molecule has 1 amide bonds. The Hall–Kier alpha value is -3.67. The number of carbonyl (C=O) groups is 1. The molecule has 2 heterocycles. The molecular weight excluding hydrogens is 622 g/mol. The van der Waals surface area contributed by atoms with Crippen molar-refractivity contribution in [2.45, 2.75) is 58.2 Å². The van der Waals surface area contributed by atoms with E-state index in [1.54, 1.807) is 12.0 Å². The number of benzene rings is 3. The zero-order valence-electron chi connectivity index (χ0n) is 29.3. The lowest BCUT2D eigenvalue weighted by Gasteiger charge is -2.43. The molecule has 0 bridgehead atoms. The zero-order valence-corrected chi connectivity index (χ0v) is 29.3. The highest BCUT2D eigenvalue weighted by Crippen LogP contribution is 2.37. The van der Waals surface area contributed by atoms with Gasteiger partial charge in [0.1, 0.15) is 19.0 Å². The Morgan fingerprint density at radius 1 is 0.980 bits per heavy atom. The highest BCUT2D eigenvalue weighted by atomic mass is 16.6. The van der Waals surface area contributed by atoms with Crippen LogP contribution in [0.2, 0.25) is 0 Å². The molecule has 0 radical (unpaired) electrons. The highest BCUT2D eigenvalue weighted by Gasteiger charge is 2.40. The molecule has 4 atom stereocenters. The van der Waals surface area contributed by atoms with Gasteiger partial charge in [-0.25, -0.2) is 4.79 Å². The first-order chi connectivity index (χ1) is 24.0. The number of amides is 1. The van der Waals surface area contributed by atoms with Crippen LogP contribution in [0.5, 0.6) is 5.75 Å². The third-order valence-electron chi connectivity index (χ3n) is 9.19. The number of carbonyl (C=O) groups excluding carboxylic acids is 1. The normalized spacial score (nSPS) is 19.6. The number of likely N-dealkylation sites (tertiary alicyclic amines) is 1.